The van der Waals surface area contributed by atoms with Crippen molar-refractivity contribution in [2.75, 3.05) is 24.7 Å². The Bertz CT molecular complexity index is 311. The highest BCUT2D eigenvalue weighted by molar-refractivity contribution is 14.1. The van der Waals surface area contributed by atoms with E-state index in [0.717, 1.165) is 35.7 Å². The van der Waals surface area contributed by atoms with Gasteiger partial charge in [0.15, 0.2) is 0 Å². The standard InChI is InChI=1S/C10H14IN3O/c1-2-14(9-3-4-15-7-9)10-12-5-8(11)6-13-10/h5-6,9H,2-4,7H2,1H3. The monoisotopic (exact) mass is 319 g/mol. The van der Waals surface area contributed by atoms with Crippen LogP contribution in [0.2, 0.25) is 0 Å². The second-order valence-corrected chi connectivity index (χ2v) is 4.75. The lowest BCUT2D eigenvalue weighted by Crippen LogP contribution is -2.36. The molecular formula is C10H14IN3O. The summed E-state index contributed by atoms with van der Waals surface area (Å²) in [4.78, 5) is 10.9. The number of aromatic nitrogens is 2. The Balaban J connectivity index is 2.14. The molecule has 4 nitrogen and oxygen atoms in total. The van der Waals surface area contributed by atoms with E-state index in [0.29, 0.717) is 6.04 Å². The molecule has 1 aliphatic rings. The van der Waals surface area contributed by atoms with Crippen molar-refractivity contribution >= 4 is 28.5 Å². The van der Waals surface area contributed by atoms with Crippen LogP contribution in [0.3, 0.4) is 0 Å². The van der Waals surface area contributed by atoms with E-state index in [1.807, 2.05) is 12.4 Å². The van der Waals surface area contributed by atoms with E-state index < -0.39 is 0 Å². The van der Waals surface area contributed by atoms with Crippen molar-refractivity contribution in [3.63, 3.8) is 0 Å². The molecule has 82 valence electrons. The maximum atomic E-state index is 5.39. The Morgan fingerprint density at radius 1 is 1.53 bits per heavy atom. The number of hydrogen-bond donors (Lipinski definition) is 0. The number of ether oxygens (including phenoxy) is 1. The van der Waals surface area contributed by atoms with Crippen LogP contribution in [0.1, 0.15) is 13.3 Å². The third-order valence-corrected chi connectivity index (χ3v) is 3.11. The van der Waals surface area contributed by atoms with Gasteiger partial charge in [0, 0.05) is 29.1 Å². The van der Waals surface area contributed by atoms with Crippen molar-refractivity contribution in [2.24, 2.45) is 0 Å². The maximum absolute atomic E-state index is 5.39. The molecule has 1 saturated heterocycles. The van der Waals surface area contributed by atoms with E-state index >= 15 is 0 Å². The fourth-order valence-electron chi connectivity index (χ4n) is 1.78. The molecule has 0 radical (unpaired) electrons. The van der Waals surface area contributed by atoms with Crippen LogP contribution < -0.4 is 4.90 Å². The fourth-order valence-corrected chi connectivity index (χ4v) is 2.06. The first-order valence-corrected chi connectivity index (χ1v) is 6.21. The molecule has 1 unspecified atom stereocenters. The first-order valence-electron chi connectivity index (χ1n) is 5.13. The predicted octanol–water partition coefficient (Wildman–Crippen LogP) is 1.70. The van der Waals surface area contributed by atoms with Crippen LogP contribution >= 0.6 is 22.6 Å². The molecule has 5 heteroatoms. The average molecular weight is 319 g/mol. The van der Waals surface area contributed by atoms with Crippen LogP contribution in [0, 0.1) is 3.57 Å². The molecule has 1 aliphatic heterocycles. The lowest BCUT2D eigenvalue weighted by atomic mass is 10.2. The summed E-state index contributed by atoms with van der Waals surface area (Å²) in [6.45, 7) is 4.70. The molecule has 1 atom stereocenters. The summed E-state index contributed by atoms with van der Waals surface area (Å²) >= 11 is 2.21. The first-order chi connectivity index (χ1) is 7.31. The highest BCUT2D eigenvalue weighted by Gasteiger charge is 2.23. The van der Waals surface area contributed by atoms with Gasteiger partial charge >= 0.3 is 0 Å². The van der Waals surface area contributed by atoms with Crippen molar-refractivity contribution < 1.29 is 4.74 Å². The topological polar surface area (TPSA) is 38.2 Å². The van der Waals surface area contributed by atoms with Gasteiger partial charge in [-0.2, -0.15) is 0 Å². The number of rotatable bonds is 3. The van der Waals surface area contributed by atoms with E-state index in [1.54, 1.807) is 0 Å². The molecule has 0 N–H and O–H groups in total. The second kappa shape index (κ2) is 5.07. The van der Waals surface area contributed by atoms with Gasteiger partial charge < -0.3 is 9.64 Å². The minimum atomic E-state index is 0.440. The van der Waals surface area contributed by atoms with Crippen molar-refractivity contribution in [3.8, 4) is 0 Å². The van der Waals surface area contributed by atoms with Crippen LogP contribution in [0.4, 0.5) is 5.95 Å². The largest absolute Gasteiger partial charge is 0.379 e. The van der Waals surface area contributed by atoms with E-state index in [2.05, 4.69) is 44.4 Å². The van der Waals surface area contributed by atoms with Gasteiger partial charge in [0.25, 0.3) is 0 Å². The lowest BCUT2D eigenvalue weighted by Gasteiger charge is -2.26. The molecule has 0 spiro atoms. The molecule has 15 heavy (non-hydrogen) atoms. The summed E-state index contributed by atoms with van der Waals surface area (Å²) in [5.41, 5.74) is 0. The molecule has 1 aromatic rings. The van der Waals surface area contributed by atoms with Gasteiger partial charge in [0.05, 0.1) is 12.6 Å². The van der Waals surface area contributed by atoms with Gasteiger partial charge in [-0.1, -0.05) is 0 Å². The zero-order valence-electron chi connectivity index (χ0n) is 8.69. The predicted molar refractivity (Wildman–Crippen MR) is 67.0 cm³/mol. The summed E-state index contributed by atoms with van der Waals surface area (Å²) < 4.78 is 6.45. The van der Waals surface area contributed by atoms with Gasteiger partial charge in [0.2, 0.25) is 5.95 Å². The van der Waals surface area contributed by atoms with Gasteiger partial charge in [-0.3, -0.25) is 0 Å². The van der Waals surface area contributed by atoms with Gasteiger partial charge in [-0.25, -0.2) is 9.97 Å². The Morgan fingerprint density at radius 3 is 2.80 bits per heavy atom. The summed E-state index contributed by atoms with van der Waals surface area (Å²) in [5, 5.41) is 0. The van der Waals surface area contributed by atoms with Crippen molar-refractivity contribution in [1.29, 1.82) is 0 Å². The Hall–Kier alpha value is -0.430. The molecular weight excluding hydrogens is 305 g/mol. The highest BCUT2D eigenvalue weighted by Crippen LogP contribution is 2.17. The minimum absolute atomic E-state index is 0.440. The third kappa shape index (κ3) is 2.57. The van der Waals surface area contributed by atoms with Gasteiger partial charge in [-0.05, 0) is 35.9 Å². The summed E-state index contributed by atoms with van der Waals surface area (Å²) in [6.07, 6.45) is 4.77. The Labute approximate surface area is 103 Å². The molecule has 1 aromatic heterocycles. The maximum Gasteiger partial charge on any atom is 0.225 e. The highest BCUT2D eigenvalue weighted by atomic mass is 127. The zero-order valence-corrected chi connectivity index (χ0v) is 10.8. The second-order valence-electron chi connectivity index (χ2n) is 3.50. The van der Waals surface area contributed by atoms with E-state index in [9.17, 15) is 0 Å². The Kier molecular flexibility index (Phi) is 3.74. The van der Waals surface area contributed by atoms with Crippen LogP contribution in [-0.2, 0) is 4.74 Å². The van der Waals surface area contributed by atoms with Gasteiger partial charge in [0.1, 0.15) is 0 Å². The molecule has 2 heterocycles. The van der Waals surface area contributed by atoms with Crippen LogP contribution in [0.25, 0.3) is 0 Å². The molecule has 2 rings (SSSR count). The first kappa shape index (κ1) is 11.1. The number of likely N-dealkylation sites (N-methyl/N-ethyl adjacent to an activating group) is 1. The number of hydrogen-bond acceptors (Lipinski definition) is 4. The quantitative estimate of drug-likeness (QED) is 0.795. The van der Waals surface area contributed by atoms with Crippen molar-refractivity contribution in [1.82, 2.24) is 9.97 Å². The summed E-state index contributed by atoms with van der Waals surface area (Å²) in [5.74, 6) is 0.813. The normalized spacial score (nSPS) is 20.5. The van der Waals surface area contributed by atoms with Crippen molar-refractivity contribution in [3.05, 3.63) is 16.0 Å². The smallest absolute Gasteiger partial charge is 0.225 e. The van der Waals surface area contributed by atoms with Crippen LogP contribution in [-0.4, -0.2) is 35.8 Å². The SMILES string of the molecule is CCN(c1ncc(I)cn1)C1CCOC1. The van der Waals surface area contributed by atoms with Crippen LogP contribution in [0.15, 0.2) is 12.4 Å². The molecule has 1 fully saturated rings. The van der Waals surface area contributed by atoms with Crippen molar-refractivity contribution in [2.45, 2.75) is 19.4 Å². The average Bonchev–Trinajstić information content (AvgIpc) is 2.75. The third-order valence-electron chi connectivity index (χ3n) is 2.55. The van der Waals surface area contributed by atoms with Crippen LogP contribution in [0.5, 0.6) is 0 Å². The summed E-state index contributed by atoms with van der Waals surface area (Å²) in [7, 11) is 0. The fraction of sp³-hybridized carbons (Fsp3) is 0.600. The van der Waals surface area contributed by atoms with E-state index in [4.69, 9.17) is 4.74 Å². The zero-order chi connectivity index (χ0) is 10.7. The van der Waals surface area contributed by atoms with Gasteiger partial charge in [-0.15, -0.1) is 0 Å². The lowest BCUT2D eigenvalue weighted by molar-refractivity contribution is 0.193. The Morgan fingerprint density at radius 2 is 2.27 bits per heavy atom. The summed E-state index contributed by atoms with van der Waals surface area (Å²) in [6, 6.07) is 0.440. The molecule has 0 saturated carbocycles. The number of halogens is 1. The minimum Gasteiger partial charge on any atom is -0.379 e. The number of anilines is 1. The molecule has 0 aliphatic carbocycles. The molecule has 0 bridgehead atoms. The van der Waals surface area contributed by atoms with E-state index in [1.165, 1.54) is 0 Å². The number of nitrogens with zero attached hydrogens (tertiary/aromatic N) is 3. The van der Waals surface area contributed by atoms with E-state index in [-0.39, 0.29) is 0 Å². The molecule has 0 aromatic carbocycles. The molecule has 0 amide bonds.